The Bertz CT molecular complexity index is 1530. The number of nitriles is 2. The average molecular weight is 548 g/mol. The van der Waals surface area contributed by atoms with Crippen LogP contribution in [0.15, 0.2) is 18.3 Å². The van der Waals surface area contributed by atoms with Gasteiger partial charge in [-0.15, -0.1) is 5.10 Å². The van der Waals surface area contributed by atoms with Crippen LogP contribution in [0, 0.1) is 28.6 Å². The second kappa shape index (κ2) is 9.76. The third-order valence-electron chi connectivity index (χ3n) is 7.49. The first kappa shape index (κ1) is 25.0. The summed E-state index contributed by atoms with van der Waals surface area (Å²) in [5.41, 5.74) is 2.36. The van der Waals surface area contributed by atoms with Gasteiger partial charge in [-0.2, -0.15) is 20.0 Å². The number of hydrogen-bond acceptors (Lipinski definition) is 10. The monoisotopic (exact) mass is 547 g/mol. The van der Waals surface area contributed by atoms with Crippen molar-refractivity contribution in [3.63, 3.8) is 0 Å². The second-order valence-electron chi connectivity index (χ2n) is 10.3. The number of imidazole rings is 1. The maximum absolute atomic E-state index is 11.1. The van der Waals surface area contributed by atoms with Crippen LogP contribution in [-0.2, 0) is 0 Å². The van der Waals surface area contributed by atoms with Gasteiger partial charge in [0.2, 0.25) is 5.95 Å². The second-order valence-corrected chi connectivity index (χ2v) is 10.7. The Morgan fingerprint density at radius 2 is 1.97 bits per heavy atom. The zero-order valence-corrected chi connectivity index (χ0v) is 21.9. The van der Waals surface area contributed by atoms with Crippen molar-refractivity contribution in [1.82, 2.24) is 29.8 Å². The molecule has 39 heavy (non-hydrogen) atoms. The topological polar surface area (TPSA) is 171 Å². The first-order chi connectivity index (χ1) is 18.8. The number of halogens is 1. The van der Waals surface area contributed by atoms with Gasteiger partial charge in [-0.3, -0.25) is 4.90 Å². The molecule has 3 aliphatic rings. The number of amides is 1. The Balaban J connectivity index is 1.23. The van der Waals surface area contributed by atoms with Crippen molar-refractivity contribution in [3.05, 3.63) is 34.6 Å². The smallest absolute Gasteiger partial charge is 0.404 e. The highest BCUT2D eigenvalue weighted by molar-refractivity contribution is 6.36. The van der Waals surface area contributed by atoms with Gasteiger partial charge in [-0.1, -0.05) is 18.5 Å². The van der Waals surface area contributed by atoms with Crippen LogP contribution in [-0.4, -0.2) is 80.0 Å². The standard InChI is InChI=1S/C25H26ClN11O2/c1-13-9-35(12-19(13)32-25(38)39)17-10-36(11-17)20-5-14(6-27)4-18(21(20)26)31-24-33-22(30-15-2-3-15)23-29-8-16(7-28)37(23)34-24/h4-5,8,13,15,17,19,32H,2-3,9-12H2,1H3,(H,38,39)(H2,30,31,33,34)/t13-,19+/m0/s1. The average Bonchev–Trinajstić information content (AvgIpc) is 3.48. The van der Waals surface area contributed by atoms with Crippen molar-refractivity contribution in [3.8, 4) is 12.1 Å². The molecule has 13 nitrogen and oxygen atoms in total. The molecule has 1 aromatic carbocycles. The first-order valence-corrected chi connectivity index (χ1v) is 13.1. The normalized spacial score (nSPS) is 21.3. The minimum absolute atomic E-state index is 0.0912. The van der Waals surface area contributed by atoms with Gasteiger partial charge in [0.15, 0.2) is 17.2 Å². The highest BCUT2D eigenvalue weighted by Crippen LogP contribution is 2.39. The lowest BCUT2D eigenvalue weighted by molar-refractivity contribution is 0.182. The fourth-order valence-electron chi connectivity index (χ4n) is 5.18. The van der Waals surface area contributed by atoms with Gasteiger partial charge in [0, 0.05) is 44.3 Å². The number of carbonyl (C=O) groups is 1. The van der Waals surface area contributed by atoms with Crippen LogP contribution in [0.4, 0.5) is 27.9 Å². The molecule has 0 bridgehead atoms. The van der Waals surface area contributed by atoms with E-state index in [2.05, 4.69) is 59.9 Å². The number of nitrogens with one attached hydrogen (secondary N) is 3. The van der Waals surface area contributed by atoms with Gasteiger partial charge >= 0.3 is 6.09 Å². The molecule has 14 heteroatoms. The molecule has 6 rings (SSSR count). The Kier molecular flexibility index (Phi) is 6.25. The maximum Gasteiger partial charge on any atom is 0.404 e. The highest BCUT2D eigenvalue weighted by Gasteiger charge is 2.40. The molecule has 2 aromatic heterocycles. The Morgan fingerprint density at radius 1 is 1.18 bits per heavy atom. The quantitative estimate of drug-likeness (QED) is 0.342. The molecule has 1 amide bonds. The maximum atomic E-state index is 11.1. The number of benzene rings is 1. The zero-order valence-electron chi connectivity index (χ0n) is 21.1. The molecule has 1 aliphatic carbocycles. The first-order valence-electron chi connectivity index (χ1n) is 12.7. The summed E-state index contributed by atoms with van der Waals surface area (Å²) >= 11 is 6.85. The predicted octanol–water partition coefficient (Wildman–Crippen LogP) is 2.62. The molecule has 2 saturated heterocycles. The van der Waals surface area contributed by atoms with E-state index in [4.69, 9.17) is 16.7 Å². The molecule has 4 heterocycles. The fourth-order valence-corrected chi connectivity index (χ4v) is 5.45. The summed E-state index contributed by atoms with van der Waals surface area (Å²) in [7, 11) is 0. The van der Waals surface area contributed by atoms with Crippen molar-refractivity contribution in [2.24, 2.45) is 5.92 Å². The van der Waals surface area contributed by atoms with E-state index >= 15 is 0 Å². The lowest BCUT2D eigenvalue weighted by Gasteiger charge is -2.46. The summed E-state index contributed by atoms with van der Waals surface area (Å²) in [6.45, 7) is 4.95. The highest BCUT2D eigenvalue weighted by atomic mass is 35.5. The van der Waals surface area contributed by atoms with E-state index in [0.29, 0.717) is 53.4 Å². The molecule has 4 N–H and O–H groups in total. The minimum atomic E-state index is -1.00. The largest absolute Gasteiger partial charge is 0.465 e. The number of aromatic nitrogens is 4. The lowest BCUT2D eigenvalue weighted by Crippen LogP contribution is -2.59. The number of nitrogens with zero attached hydrogens (tertiary/aromatic N) is 8. The Hall–Kier alpha value is -4.33. The van der Waals surface area contributed by atoms with E-state index in [1.807, 2.05) is 0 Å². The van der Waals surface area contributed by atoms with Crippen LogP contribution in [0.5, 0.6) is 0 Å². The van der Waals surface area contributed by atoms with E-state index in [-0.39, 0.29) is 29.6 Å². The van der Waals surface area contributed by atoms with Crippen LogP contribution in [0.25, 0.3) is 5.65 Å². The van der Waals surface area contributed by atoms with Gasteiger partial charge in [-0.25, -0.2) is 9.78 Å². The summed E-state index contributed by atoms with van der Waals surface area (Å²) in [6.07, 6.45) is 2.52. The van der Waals surface area contributed by atoms with Gasteiger partial charge in [0.05, 0.1) is 34.2 Å². The number of fused-ring (bicyclic) bond motifs is 1. The number of hydrogen-bond donors (Lipinski definition) is 4. The summed E-state index contributed by atoms with van der Waals surface area (Å²) in [5, 5.41) is 42.3. The van der Waals surface area contributed by atoms with E-state index in [9.17, 15) is 15.3 Å². The molecule has 0 unspecified atom stereocenters. The predicted molar refractivity (Wildman–Crippen MR) is 143 cm³/mol. The molecular formula is C25H26ClN11O2. The summed E-state index contributed by atoms with van der Waals surface area (Å²) in [5.74, 6) is 0.961. The number of likely N-dealkylation sites (tertiary alicyclic amines) is 1. The zero-order chi connectivity index (χ0) is 27.3. The van der Waals surface area contributed by atoms with Crippen molar-refractivity contribution < 1.29 is 9.90 Å². The lowest BCUT2D eigenvalue weighted by atomic mass is 10.0. The van der Waals surface area contributed by atoms with E-state index in [1.54, 1.807) is 12.1 Å². The van der Waals surface area contributed by atoms with Gasteiger partial charge in [-0.05, 0) is 30.9 Å². The summed E-state index contributed by atoms with van der Waals surface area (Å²) in [6, 6.07) is 8.18. The van der Waals surface area contributed by atoms with E-state index < -0.39 is 6.09 Å². The van der Waals surface area contributed by atoms with Crippen LogP contribution >= 0.6 is 11.6 Å². The van der Waals surface area contributed by atoms with Crippen LogP contribution < -0.4 is 20.9 Å². The van der Waals surface area contributed by atoms with Crippen LogP contribution in [0.3, 0.4) is 0 Å². The van der Waals surface area contributed by atoms with Crippen molar-refractivity contribution >= 4 is 46.5 Å². The molecule has 3 aromatic rings. The van der Waals surface area contributed by atoms with E-state index in [0.717, 1.165) is 25.1 Å². The fraction of sp³-hybridized carbons (Fsp3) is 0.440. The number of anilines is 4. The van der Waals surface area contributed by atoms with Gasteiger partial charge in [0.25, 0.3) is 0 Å². The molecule has 200 valence electrons. The van der Waals surface area contributed by atoms with Gasteiger partial charge < -0.3 is 26.0 Å². The Morgan fingerprint density at radius 3 is 2.67 bits per heavy atom. The third-order valence-corrected chi connectivity index (χ3v) is 7.89. The number of rotatable bonds is 7. The molecule has 0 radical (unpaired) electrons. The van der Waals surface area contributed by atoms with Gasteiger partial charge in [0.1, 0.15) is 6.07 Å². The van der Waals surface area contributed by atoms with Crippen LogP contribution in [0.1, 0.15) is 31.0 Å². The molecule has 0 spiro atoms. The van der Waals surface area contributed by atoms with E-state index in [1.165, 1.54) is 10.7 Å². The minimum Gasteiger partial charge on any atom is -0.465 e. The van der Waals surface area contributed by atoms with Crippen LogP contribution in [0.2, 0.25) is 5.02 Å². The molecule has 3 fully saturated rings. The molecule has 2 aliphatic heterocycles. The third kappa shape index (κ3) is 4.82. The Labute approximate surface area is 229 Å². The summed E-state index contributed by atoms with van der Waals surface area (Å²) in [4.78, 5) is 24.4. The van der Waals surface area contributed by atoms with Crippen molar-refractivity contribution in [2.75, 3.05) is 41.7 Å². The summed E-state index contributed by atoms with van der Waals surface area (Å²) < 4.78 is 1.44. The molecule has 2 atom stereocenters. The van der Waals surface area contributed by atoms with Crippen molar-refractivity contribution in [2.45, 2.75) is 37.9 Å². The SMILES string of the molecule is C[C@H]1CN(C2CN(c3cc(C#N)cc(Nc4nc(NC5CC5)c5ncc(C#N)n5n4)c3Cl)C2)C[C@H]1NC(=O)O. The number of carboxylic acid groups (broad SMARTS) is 1. The molecule has 1 saturated carbocycles. The van der Waals surface area contributed by atoms with Crippen molar-refractivity contribution in [1.29, 1.82) is 10.5 Å². The molecular weight excluding hydrogens is 522 g/mol.